The molecule has 108 valence electrons. The van der Waals surface area contributed by atoms with Crippen LogP contribution in [0.2, 0.25) is 0 Å². The minimum atomic E-state index is -3.04. The van der Waals surface area contributed by atoms with Crippen LogP contribution in [0.15, 0.2) is 0 Å². The first kappa shape index (κ1) is 15.9. The van der Waals surface area contributed by atoms with Gasteiger partial charge in [-0.25, -0.2) is 13.1 Å². The van der Waals surface area contributed by atoms with E-state index in [4.69, 9.17) is 0 Å². The van der Waals surface area contributed by atoms with Crippen LogP contribution in [0.25, 0.3) is 0 Å². The molecule has 0 aromatic rings. The normalized spacial score (nSPS) is 19.6. The maximum absolute atomic E-state index is 11.7. The molecule has 0 radical (unpaired) electrons. The van der Waals surface area contributed by atoms with Gasteiger partial charge in [-0.2, -0.15) is 0 Å². The number of nitrogens with zero attached hydrogens (tertiary/aromatic N) is 1. The van der Waals surface area contributed by atoms with E-state index in [2.05, 4.69) is 23.5 Å². The fourth-order valence-electron chi connectivity index (χ4n) is 2.32. The quantitative estimate of drug-likeness (QED) is 0.772. The third-order valence-corrected chi connectivity index (χ3v) is 5.17. The SMILES string of the molecule is CCCCS(=O)(=O)NCC1CCN(C(C)C)CC1. The van der Waals surface area contributed by atoms with Gasteiger partial charge in [0, 0.05) is 12.6 Å². The molecule has 0 aromatic carbocycles. The van der Waals surface area contributed by atoms with Crippen LogP contribution in [0.3, 0.4) is 0 Å². The van der Waals surface area contributed by atoms with E-state index in [0.717, 1.165) is 38.8 Å². The molecule has 0 aromatic heterocycles. The number of likely N-dealkylation sites (tertiary alicyclic amines) is 1. The summed E-state index contributed by atoms with van der Waals surface area (Å²) in [7, 11) is -3.04. The Morgan fingerprint density at radius 2 is 1.89 bits per heavy atom. The first-order valence-corrected chi connectivity index (χ1v) is 8.81. The number of hydrogen-bond acceptors (Lipinski definition) is 3. The number of piperidine rings is 1. The predicted octanol–water partition coefficient (Wildman–Crippen LogP) is 1.83. The summed E-state index contributed by atoms with van der Waals surface area (Å²) in [6, 6.07) is 0.604. The molecule has 1 heterocycles. The number of sulfonamides is 1. The minimum Gasteiger partial charge on any atom is -0.301 e. The van der Waals surface area contributed by atoms with Crippen molar-refractivity contribution in [2.75, 3.05) is 25.4 Å². The summed E-state index contributed by atoms with van der Waals surface area (Å²) in [5, 5.41) is 0. The van der Waals surface area contributed by atoms with Crippen molar-refractivity contribution in [2.24, 2.45) is 5.92 Å². The van der Waals surface area contributed by atoms with Crippen LogP contribution in [0.4, 0.5) is 0 Å². The van der Waals surface area contributed by atoms with Crippen molar-refractivity contribution >= 4 is 10.0 Å². The van der Waals surface area contributed by atoms with Crippen LogP contribution in [-0.4, -0.2) is 44.7 Å². The summed E-state index contributed by atoms with van der Waals surface area (Å²) in [6.07, 6.45) is 3.89. The minimum absolute atomic E-state index is 0.272. The largest absolute Gasteiger partial charge is 0.301 e. The molecule has 0 saturated carbocycles. The van der Waals surface area contributed by atoms with Crippen LogP contribution in [-0.2, 0) is 10.0 Å². The maximum Gasteiger partial charge on any atom is 0.211 e. The average molecular weight is 276 g/mol. The lowest BCUT2D eigenvalue weighted by Gasteiger charge is -2.34. The van der Waals surface area contributed by atoms with Gasteiger partial charge in [0.2, 0.25) is 10.0 Å². The molecule has 18 heavy (non-hydrogen) atoms. The average Bonchev–Trinajstić information content (AvgIpc) is 2.35. The van der Waals surface area contributed by atoms with E-state index in [0.29, 0.717) is 18.5 Å². The summed E-state index contributed by atoms with van der Waals surface area (Å²) in [6.45, 7) is 9.26. The third-order valence-electron chi connectivity index (χ3n) is 3.74. The van der Waals surface area contributed by atoms with E-state index in [1.54, 1.807) is 0 Å². The predicted molar refractivity (Wildman–Crippen MR) is 76.1 cm³/mol. The highest BCUT2D eigenvalue weighted by atomic mass is 32.2. The summed E-state index contributed by atoms with van der Waals surface area (Å²) in [5.74, 6) is 0.783. The molecule has 1 N–H and O–H groups in total. The highest BCUT2D eigenvalue weighted by molar-refractivity contribution is 7.89. The van der Waals surface area contributed by atoms with E-state index in [9.17, 15) is 8.42 Å². The van der Waals surface area contributed by atoms with Crippen LogP contribution in [0, 0.1) is 5.92 Å². The van der Waals surface area contributed by atoms with Gasteiger partial charge in [-0.15, -0.1) is 0 Å². The van der Waals surface area contributed by atoms with Gasteiger partial charge in [0.05, 0.1) is 5.75 Å². The Labute approximate surface area is 112 Å². The smallest absolute Gasteiger partial charge is 0.211 e. The van der Waals surface area contributed by atoms with Gasteiger partial charge in [0.1, 0.15) is 0 Å². The van der Waals surface area contributed by atoms with Gasteiger partial charge in [0.15, 0.2) is 0 Å². The molecular weight excluding hydrogens is 248 g/mol. The molecule has 1 aliphatic heterocycles. The highest BCUT2D eigenvalue weighted by Gasteiger charge is 2.22. The Hall–Kier alpha value is -0.130. The molecular formula is C13H28N2O2S. The monoisotopic (exact) mass is 276 g/mol. The Morgan fingerprint density at radius 3 is 2.39 bits per heavy atom. The second-order valence-corrected chi connectivity index (χ2v) is 7.52. The zero-order valence-electron chi connectivity index (χ0n) is 12.0. The molecule has 0 amide bonds. The van der Waals surface area contributed by atoms with Gasteiger partial charge >= 0.3 is 0 Å². The van der Waals surface area contributed by atoms with E-state index in [1.165, 1.54) is 0 Å². The first-order valence-electron chi connectivity index (χ1n) is 7.16. The molecule has 5 heteroatoms. The van der Waals surface area contributed by atoms with Crippen molar-refractivity contribution in [3.8, 4) is 0 Å². The van der Waals surface area contributed by atoms with Gasteiger partial charge < -0.3 is 4.90 Å². The molecule has 1 saturated heterocycles. The summed E-state index contributed by atoms with van der Waals surface area (Å²) < 4.78 is 26.1. The summed E-state index contributed by atoms with van der Waals surface area (Å²) in [4.78, 5) is 2.46. The topological polar surface area (TPSA) is 49.4 Å². The van der Waals surface area contributed by atoms with Crippen molar-refractivity contribution < 1.29 is 8.42 Å². The Bertz CT molecular complexity index is 320. The number of nitrogens with one attached hydrogen (secondary N) is 1. The van der Waals surface area contributed by atoms with E-state index in [-0.39, 0.29) is 5.75 Å². The van der Waals surface area contributed by atoms with Gasteiger partial charge in [-0.3, -0.25) is 0 Å². The molecule has 0 atom stereocenters. The van der Waals surface area contributed by atoms with Crippen molar-refractivity contribution in [1.29, 1.82) is 0 Å². The molecule has 0 aliphatic carbocycles. The summed E-state index contributed by atoms with van der Waals surface area (Å²) >= 11 is 0. The lowest BCUT2D eigenvalue weighted by Crippen LogP contribution is -2.41. The molecule has 0 spiro atoms. The van der Waals surface area contributed by atoms with E-state index in [1.807, 2.05) is 6.92 Å². The second kappa shape index (κ2) is 7.46. The van der Waals surface area contributed by atoms with Gasteiger partial charge in [0.25, 0.3) is 0 Å². The van der Waals surface area contributed by atoms with Crippen LogP contribution < -0.4 is 4.72 Å². The van der Waals surface area contributed by atoms with E-state index >= 15 is 0 Å². The lowest BCUT2D eigenvalue weighted by atomic mass is 9.96. The Kier molecular flexibility index (Phi) is 6.60. The first-order chi connectivity index (χ1) is 8.44. The summed E-state index contributed by atoms with van der Waals surface area (Å²) in [5.41, 5.74) is 0. The molecule has 1 rings (SSSR count). The Balaban J connectivity index is 2.25. The van der Waals surface area contributed by atoms with Crippen molar-refractivity contribution in [3.05, 3.63) is 0 Å². The lowest BCUT2D eigenvalue weighted by molar-refractivity contribution is 0.151. The standard InChI is InChI=1S/C13H28N2O2S/c1-4-5-10-18(16,17)14-11-13-6-8-15(9-7-13)12(2)3/h12-14H,4-11H2,1-3H3. The molecule has 0 unspecified atom stereocenters. The van der Waals surface area contributed by atoms with Crippen molar-refractivity contribution in [1.82, 2.24) is 9.62 Å². The van der Waals surface area contributed by atoms with Crippen molar-refractivity contribution in [3.63, 3.8) is 0 Å². The molecule has 1 fully saturated rings. The fourth-order valence-corrected chi connectivity index (χ4v) is 3.63. The third kappa shape index (κ3) is 5.67. The van der Waals surface area contributed by atoms with Crippen LogP contribution >= 0.6 is 0 Å². The number of hydrogen-bond donors (Lipinski definition) is 1. The maximum atomic E-state index is 11.7. The second-order valence-electron chi connectivity index (χ2n) is 5.59. The van der Waals surface area contributed by atoms with Crippen LogP contribution in [0.1, 0.15) is 46.5 Å². The molecule has 0 bridgehead atoms. The molecule has 1 aliphatic rings. The van der Waals surface area contributed by atoms with Gasteiger partial charge in [-0.05, 0) is 52.1 Å². The van der Waals surface area contributed by atoms with Crippen molar-refractivity contribution in [2.45, 2.75) is 52.5 Å². The number of unbranched alkanes of at least 4 members (excludes halogenated alkanes) is 1. The van der Waals surface area contributed by atoms with Crippen LogP contribution in [0.5, 0.6) is 0 Å². The van der Waals surface area contributed by atoms with E-state index < -0.39 is 10.0 Å². The van der Waals surface area contributed by atoms with Gasteiger partial charge in [-0.1, -0.05) is 13.3 Å². The molecule has 4 nitrogen and oxygen atoms in total. The number of rotatable bonds is 7. The highest BCUT2D eigenvalue weighted by Crippen LogP contribution is 2.18. The zero-order chi connectivity index (χ0) is 13.6. The fraction of sp³-hybridized carbons (Fsp3) is 1.00. The zero-order valence-corrected chi connectivity index (χ0v) is 12.8. The Morgan fingerprint density at radius 1 is 1.28 bits per heavy atom.